The molecule has 3 heterocycles. The quantitative estimate of drug-likeness (QED) is 0.413. The minimum Gasteiger partial charge on any atom is -0.342 e. The predicted molar refractivity (Wildman–Crippen MR) is 117 cm³/mol. The van der Waals surface area contributed by atoms with E-state index in [0.29, 0.717) is 22.5 Å². The maximum Gasteiger partial charge on any atom is 0.405 e. The molecule has 4 rings (SSSR count). The van der Waals surface area contributed by atoms with Crippen LogP contribution < -0.4 is 10.6 Å². The molecule has 0 saturated heterocycles. The number of nitrogens with one attached hydrogen (secondary N) is 2. The summed E-state index contributed by atoms with van der Waals surface area (Å²) in [6, 6.07) is 11.8. The van der Waals surface area contributed by atoms with Crippen molar-refractivity contribution in [2.45, 2.75) is 20.0 Å². The topological polar surface area (TPSA) is 115 Å². The van der Waals surface area contributed by atoms with Gasteiger partial charge in [-0.3, -0.25) is 14.2 Å². The molecule has 0 atom stereocenters. The number of nitrogens with zero attached hydrogens (tertiary/aromatic N) is 5. The molecule has 0 aliphatic heterocycles. The first-order valence-corrected chi connectivity index (χ1v) is 10.0. The van der Waals surface area contributed by atoms with Gasteiger partial charge in [-0.1, -0.05) is 0 Å². The summed E-state index contributed by atoms with van der Waals surface area (Å²) in [7, 11) is 0. The van der Waals surface area contributed by atoms with E-state index in [-0.39, 0.29) is 11.4 Å². The number of hydrogen-bond acceptors (Lipinski definition) is 7. The van der Waals surface area contributed by atoms with E-state index in [1.54, 1.807) is 34.1 Å². The number of ketones is 1. The van der Waals surface area contributed by atoms with Crippen LogP contribution in [0.1, 0.15) is 33.5 Å². The lowest BCUT2D eigenvalue weighted by atomic mass is 10.1. The maximum atomic E-state index is 12.5. The Bertz CT molecular complexity index is 1380. The number of imidazole rings is 1. The highest BCUT2D eigenvalue weighted by atomic mass is 19.4. The first-order chi connectivity index (χ1) is 16.1. The molecule has 0 bridgehead atoms. The molecule has 174 valence electrons. The Hall–Kier alpha value is -4.35. The van der Waals surface area contributed by atoms with Gasteiger partial charge in [-0.2, -0.15) is 18.3 Å². The van der Waals surface area contributed by atoms with Crippen molar-refractivity contribution in [1.82, 2.24) is 30.0 Å². The van der Waals surface area contributed by atoms with Crippen LogP contribution in [-0.2, 0) is 0 Å². The highest BCUT2D eigenvalue weighted by molar-refractivity contribution is 6.06. The molecule has 34 heavy (non-hydrogen) atoms. The van der Waals surface area contributed by atoms with Gasteiger partial charge in [0, 0.05) is 11.3 Å². The molecule has 9 nitrogen and oxygen atoms in total. The molecule has 0 saturated carbocycles. The Kier molecular flexibility index (Phi) is 5.97. The third kappa shape index (κ3) is 5.00. The van der Waals surface area contributed by atoms with E-state index in [2.05, 4.69) is 25.5 Å². The summed E-state index contributed by atoms with van der Waals surface area (Å²) in [4.78, 5) is 32.8. The first kappa shape index (κ1) is 22.8. The molecule has 3 aromatic heterocycles. The zero-order chi connectivity index (χ0) is 24.5. The van der Waals surface area contributed by atoms with Crippen molar-refractivity contribution in [3.05, 3.63) is 65.7 Å². The monoisotopic (exact) mass is 469 g/mol. The SMILES string of the molecule is CC(=O)c1ccc(-n2cnc3cc(Nc4ccc(C)nn4)ccc32)nc1C(=O)NCC(F)(F)F. The number of halogens is 3. The lowest BCUT2D eigenvalue weighted by Crippen LogP contribution is -2.35. The highest BCUT2D eigenvalue weighted by Gasteiger charge is 2.29. The zero-order valence-corrected chi connectivity index (χ0v) is 18.0. The van der Waals surface area contributed by atoms with Crippen molar-refractivity contribution >= 4 is 34.2 Å². The van der Waals surface area contributed by atoms with Gasteiger partial charge in [0.05, 0.1) is 16.7 Å². The average Bonchev–Trinajstić information content (AvgIpc) is 3.21. The Labute approximate surface area is 191 Å². The number of aryl methyl sites for hydroxylation is 1. The number of benzene rings is 1. The molecule has 0 radical (unpaired) electrons. The average molecular weight is 469 g/mol. The van der Waals surface area contributed by atoms with Gasteiger partial charge in [-0.05, 0) is 56.3 Å². The maximum absolute atomic E-state index is 12.5. The summed E-state index contributed by atoms with van der Waals surface area (Å²) in [5, 5.41) is 12.9. The third-order valence-corrected chi connectivity index (χ3v) is 4.79. The predicted octanol–water partition coefficient (Wildman–Crippen LogP) is 3.76. The minimum absolute atomic E-state index is 0.0847. The normalized spacial score (nSPS) is 11.4. The van der Waals surface area contributed by atoms with Crippen LogP contribution in [0.3, 0.4) is 0 Å². The van der Waals surface area contributed by atoms with Crippen molar-refractivity contribution in [3.63, 3.8) is 0 Å². The molecule has 0 unspecified atom stereocenters. The van der Waals surface area contributed by atoms with E-state index < -0.39 is 30.1 Å². The molecule has 0 aliphatic carbocycles. The standard InChI is InChI=1S/C22H18F3N7O2/c1-12-3-7-18(31-30-12)28-14-4-6-17-16(9-14)27-11-32(17)19-8-5-15(13(2)33)20(29-19)21(34)26-10-22(23,24)25/h3-9,11H,10H2,1-2H3,(H,26,34)(H,28,31). The van der Waals surface area contributed by atoms with Crippen LogP contribution in [0.2, 0.25) is 0 Å². The fraction of sp³-hybridized carbons (Fsp3) is 0.182. The summed E-state index contributed by atoms with van der Waals surface area (Å²) >= 11 is 0. The number of Topliss-reactive ketones (excluding diaryl/α,β-unsaturated/α-hetero) is 1. The van der Waals surface area contributed by atoms with E-state index in [9.17, 15) is 22.8 Å². The van der Waals surface area contributed by atoms with Crippen molar-refractivity contribution in [3.8, 4) is 5.82 Å². The summed E-state index contributed by atoms with van der Waals surface area (Å²) < 4.78 is 39.2. The van der Waals surface area contributed by atoms with Crippen LogP contribution >= 0.6 is 0 Å². The Morgan fingerprint density at radius 2 is 1.85 bits per heavy atom. The third-order valence-electron chi connectivity index (χ3n) is 4.79. The Balaban J connectivity index is 1.66. The van der Waals surface area contributed by atoms with Gasteiger partial charge in [-0.15, -0.1) is 5.10 Å². The van der Waals surface area contributed by atoms with Gasteiger partial charge >= 0.3 is 6.18 Å². The number of fused-ring (bicyclic) bond motifs is 1. The number of anilines is 2. The van der Waals surface area contributed by atoms with Crippen molar-refractivity contribution in [2.75, 3.05) is 11.9 Å². The van der Waals surface area contributed by atoms with E-state index in [1.165, 1.54) is 25.4 Å². The fourth-order valence-corrected chi connectivity index (χ4v) is 3.19. The number of carbonyl (C=O) groups excluding carboxylic acids is 2. The van der Waals surface area contributed by atoms with Crippen LogP contribution in [0.15, 0.2) is 48.8 Å². The molecular formula is C22H18F3N7O2. The number of carbonyl (C=O) groups is 2. The van der Waals surface area contributed by atoms with E-state index in [0.717, 1.165) is 5.69 Å². The second-order valence-corrected chi connectivity index (χ2v) is 7.42. The fourth-order valence-electron chi connectivity index (χ4n) is 3.19. The first-order valence-electron chi connectivity index (χ1n) is 10.0. The summed E-state index contributed by atoms with van der Waals surface area (Å²) in [5.74, 6) is -0.823. The number of hydrogen-bond donors (Lipinski definition) is 2. The summed E-state index contributed by atoms with van der Waals surface area (Å²) in [5.41, 5.74) is 2.24. The molecule has 1 amide bonds. The molecule has 2 N–H and O–H groups in total. The second-order valence-electron chi connectivity index (χ2n) is 7.42. The van der Waals surface area contributed by atoms with Gasteiger partial charge in [0.15, 0.2) is 11.6 Å². The van der Waals surface area contributed by atoms with Gasteiger partial charge in [-0.25, -0.2) is 9.97 Å². The van der Waals surface area contributed by atoms with E-state index >= 15 is 0 Å². The second kappa shape index (κ2) is 8.89. The molecule has 12 heteroatoms. The number of pyridine rings is 1. The molecular weight excluding hydrogens is 451 g/mol. The van der Waals surface area contributed by atoms with Gasteiger partial charge in [0.25, 0.3) is 5.91 Å². The molecule has 0 spiro atoms. The van der Waals surface area contributed by atoms with Gasteiger partial charge in [0.2, 0.25) is 0 Å². The van der Waals surface area contributed by atoms with Crippen molar-refractivity contribution in [2.24, 2.45) is 0 Å². The Morgan fingerprint density at radius 3 is 2.53 bits per heavy atom. The number of amides is 1. The van der Waals surface area contributed by atoms with E-state index in [1.807, 2.05) is 13.0 Å². The Morgan fingerprint density at radius 1 is 1.06 bits per heavy atom. The molecule has 4 aromatic rings. The van der Waals surface area contributed by atoms with Crippen LogP contribution in [0.5, 0.6) is 0 Å². The van der Waals surface area contributed by atoms with Crippen LogP contribution in [0.4, 0.5) is 24.7 Å². The lowest BCUT2D eigenvalue weighted by molar-refractivity contribution is -0.123. The van der Waals surface area contributed by atoms with Crippen LogP contribution in [0.25, 0.3) is 16.9 Å². The molecule has 1 aromatic carbocycles. The summed E-state index contributed by atoms with van der Waals surface area (Å²) in [6.07, 6.45) is -3.13. The van der Waals surface area contributed by atoms with Crippen molar-refractivity contribution in [1.29, 1.82) is 0 Å². The van der Waals surface area contributed by atoms with Crippen LogP contribution in [-0.4, -0.2) is 49.1 Å². The largest absolute Gasteiger partial charge is 0.405 e. The minimum atomic E-state index is -4.60. The van der Waals surface area contributed by atoms with Crippen LogP contribution in [0, 0.1) is 6.92 Å². The van der Waals surface area contributed by atoms with Crippen molar-refractivity contribution < 1.29 is 22.8 Å². The molecule has 0 fully saturated rings. The smallest absolute Gasteiger partial charge is 0.342 e. The summed E-state index contributed by atoms with van der Waals surface area (Å²) in [6.45, 7) is 1.50. The zero-order valence-electron chi connectivity index (χ0n) is 18.0. The highest BCUT2D eigenvalue weighted by Crippen LogP contribution is 2.23. The molecule has 0 aliphatic rings. The lowest BCUT2D eigenvalue weighted by Gasteiger charge is -2.12. The van der Waals surface area contributed by atoms with Gasteiger partial charge in [0.1, 0.15) is 24.4 Å². The van der Waals surface area contributed by atoms with Gasteiger partial charge < -0.3 is 10.6 Å². The number of rotatable bonds is 6. The number of alkyl halides is 3. The van der Waals surface area contributed by atoms with E-state index in [4.69, 9.17) is 0 Å². The number of aromatic nitrogens is 5.